The lowest BCUT2D eigenvalue weighted by atomic mass is 9.97. The summed E-state index contributed by atoms with van der Waals surface area (Å²) in [6.07, 6.45) is 3.52. The number of morpholine rings is 1. The summed E-state index contributed by atoms with van der Waals surface area (Å²) in [5.41, 5.74) is 2.27. The number of carbonyl (C=O) groups excluding carboxylic acids is 1. The third kappa shape index (κ3) is 5.38. The largest absolute Gasteiger partial charge is 0.373 e. The van der Waals surface area contributed by atoms with Crippen LogP contribution in [0.1, 0.15) is 17.2 Å². The Morgan fingerprint density at radius 1 is 1.14 bits per heavy atom. The van der Waals surface area contributed by atoms with Crippen molar-refractivity contribution in [2.45, 2.75) is 18.7 Å². The molecule has 1 fully saturated rings. The van der Waals surface area contributed by atoms with Gasteiger partial charge in [0, 0.05) is 32.0 Å². The monoisotopic (exact) mass is 382 g/mol. The summed E-state index contributed by atoms with van der Waals surface area (Å²) in [7, 11) is 6.05. The number of aromatic nitrogens is 1. The SMILES string of the molecule is CN(C)C[C@@H]1OCCN(C(=O)CN(C)Cc2ccncc2)[C@H]1c1ccccc1. The van der Waals surface area contributed by atoms with E-state index in [4.69, 9.17) is 4.74 Å². The van der Waals surface area contributed by atoms with Gasteiger partial charge in [-0.2, -0.15) is 0 Å². The summed E-state index contributed by atoms with van der Waals surface area (Å²) in [4.78, 5) is 23.4. The molecule has 0 unspecified atom stereocenters. The minimum Gasteiger partial charge on any atom is -0.373 e. The number of carbonyl (C=O) groups is 1. The molecule has 28 heavy (non-hydrogen) atoms. The Labute approximate surface area is 167 Å². The Morgan fingerprint density at radius 2 is 1.86 bits per heavy atom. The molecule has 0 radical (unpaired) electrons. The van der Waals surface area contributed by atoms with Crippen molar-refractivity contribution in [1.29, 1.82) is 0 Å². The molecule has 1 aliphatic rings. The molecule has 2 aromatic rings. The fourth-order valence-corrected chi connectivity index (χ4v) is 3.75. The molecule has 1 aromatic carbocycles. The van der Waals surface area contributed by atoms with Crippen LogP contribution in [0.2, 0.25) is 0 Å². The fraction of sp³-hybridized carbons (Fsp3) is 0.455. The van der Waals surface area contributed by atoms with Crippen molar-refractivity contribution < 1.29 is 9.53 Å². The second-order valence-electron chi connectivity index (χ2n) is 7.64. The standard InChI is InChI=1S/C22H30N4O2/c1-24(2)16-20-22(19-7-5-4-6-8-19)26(13-14-28-20)21(27)17-25(3)15-18-9-11-23-12-10-18/h4-12,20,22H,13-17H2,1-3H3/t20-,22-/m0/s1. The van der Waals surface area contributed by atoms with E-state index < -0.39 is 0 Å². The summed E-state index contributed by atoms with van der Waals surface area (Å²) >= 11 is 0. The van der Waals surface area contributed by atoms with E-state index >= 15 is 0 Å². The molecule has 0 aliphatic carbocycles. The van der Waals surface area contributed by atoms with Gasteiger partial charge in [0.1, 0.15) is 0 Å². The van der Waals surface area contributed by atoms with Crippen molar-refractivity contribution in [3.8, 4) is 0 Å². The molecule has 2 heterocycles. The van der Waals surface area contributed by atoms with Crippen molar-refractivity contribution in [2.75, 3.05) is 47.4 Å². The van der Waals surface area contributed by atoms with Crippen molar-refractivity contribution in [3.63, 3.8) is 0 Å². The Bertz CT molecular complexity index is 739. The molecule has 1 saturated heterocycles. The van der Waals surface area contributed by atoms with Crippen LogP contribution in [-0.2, 0) is 16.1 Å². The molecule has 1 aromatic heterocycles. The highest BCUT2D eigenvalue weighted by molar-refractivity contribution is 5.79. The minimum atomic E-state index is -0.0702. The van der Waals surface area contributed by atoms with Crippen LogP contribution in [0.15, 0.2) is 54.9 Å². The van der Waals surface area contributed by atoms with Gasteiger partial charge in [-0.15, -0.1) is 0 Å². The average Bonchev–Trinajstić information content (AvgIpc) is 2.68. The van der Waals surface area contributed by atoms with E-state index in [1.807, 2.05) is 56.4 Å². The highest BCUT2D eigenvalue weighted by atomic mass is 16.5. The van der Waals surface area contributed by atoms with Crippen LogP contribution in [0, 0.1) is 0 Å². The van der Waals surface area contributed by atoms with Crippen molar-refractivity contribution in [3.05, 3.63) is 66.0 Å². The molecule has 3 rings (SSSR count). The molecule has 2 atom stereocenters. The van der Waals surface area contributed by atoms with E-state index in [1.54, 1.807) is 12.4 Å². The van der Waals surface area contributed by atoms with Crippen molar-refractivity contribution in [2.24, 2.45) is 0 Å². The molecular weight excluding hydrogens is 352 g/mol. The summed E-state index contributed by atoms with van der Waals surface area (Å²) in [5, 5.41) is 0. The Kier molecular flexibility index (Phi) is 7.14. The zero-order valence-electron chi connectivity index (χ0n) is 17.0. The number of amides is 1. The number of likely N-dealkylation sites (N-methyl/N-ethyl adjacent to an activating group) is 2. The van der Waals surface area contributed by atoms with Crippen LogP contribution in [0.25, 0.3) is 0 Å². The van der Waals surface area contributed by atoms with Crippen LogP contribution < -0.4 is 0 Å². The van der Waals surface area contributed by atoms with E-state index in [0.717, 1.165) is 24.2 Å². The first-order chi connectivity index (χ1) is 13.5. The highest BCUT2D eigenvalue weighted by Gasteiger charge is 2.36. The second kappa shape index (κ2) is 9.78. The smallest absolute Gasteiger partial charge is 0.237 e. The van der Waals surface area contributed by atoms with E-state index in [-0.39, 0.29) is 18.1 Å². The van der Waals surface area contributed by atoms with Gasteiger partial charge in [0.25, 0.3) is 0 Å². The predicted octanol–water partition coefficient (Wildman–Crippen LogP) is 2.04. The topological polar surface area (TPSA) is 48.9 Å². The lowest BCUT2D eigenvalue weighted by molar-refractivity contribution is -0.149. The number of nitrogens with zero attached hydrogens (tertiary/aromatic N) is 4. The lowest BCUT2D eigenvalue weighted by Gasteiger charge is -2.43. The molecule has 1 aliphatic heterocycles. The van der Waals surface area contributed by atoms with E-state index in [9.17, 15) is 4.79 Å². The normalized spacial score (nSPS) is 20.0. The second-order valence-corrected chi connectivity index (χ2v) is 7.64. The van der Waals surface area contributed by atoms with Gasteiger partial charge in [-0.05, 0) is 44.4 Å². The van der Waals surface area contributed by atoms with Crippen LogP contribution in [0.5, 0.6) is 0 Å². The number of hydrogen-bond acceptors (Lipinski definition) is 5. The van der Waals surface area contributed by atoms with Crippen molar-refractivity contribution >= 4 is 5.91 Å². The maximum Gasteiger partial charge on any atom is 0.237 e. The van der Waals surface area contributed by atoms with E-state index in [2.05, 4.69) is 26.9 Å². The molecule has 0 spiro atoms. The Balaban J connectivity index is 1.74. The lowest BCUT2D eigenvalue weighted by Crippen LogP contribution is -2.53. The third-order valence-corrected chi connectivity index (χ3v) is 4.97. The molecule has 150 valence electrons. The van der Waals surface area contributed by atoms with Gasteiger partial charge in [0.05, 0.1) is 25.3 Å². The number of ether oxygens (including phenoxy) is 1. The molecule has 6 heteroatoms. The zero-order chi connectivity index (χ0) is 19.9. The fourth-order valence-electron chi connectivity index (χ4n) is 3.75. The predicted molar refractivity (Wildman–Crippen MR) is 110 cm³/mol. The van der Waals surface area contributed by atoms with Crippen LogP contribution >= 0.6 is 0 Å². The van der Waals surface area contributed by atoms with Gasteiger partial charge in [-0.3, -0.25) is 14.7 Å². The number of rotatable bonds is 7. The number of benzene rings is 1. The van der Waals surface area contributed by atoms with Gasteiger partial charge in [-0.1, -0.05) is 30.3 Å². The van der Waals surface area contributed by atoms with Gasteiger partial charge >= 0.3 is 0 Å². The molecule has 6 nitrogen and oxygen atoms in total. The van der Waals surface area contributed by atoms with E-state index in [1.165, 1.54) is 0 Å². The van der Waals surface area contributed by atoms with E-state index in [0.29, 0.717) is 19.7 Å². The van der Waals surface area contributed by atoms with Crippen LogP contribution in [0.3, 0.4) is 0 Å². The quantitative estimate of drug-likeness (QED) is 0.734. The Hall–Kier alpha value is -2.28. The third-order valence-electron chi connectivity index (χ3n) is 4.97. The zero-order valence-corrected chi connectivity index (χ0v) is 17.0. The summed E-state index contributed by atoms with van der Waals surface area (Å²) in [6.45, 7) is 3.05. The molecule has 0 saturated carbocycles. The first-order valence-corrected chi connectivity index (χ1v) is 9.73. The summed E-state index contributed by atoms with van der Waals surface area (Å²) in [5.74, 6) is 0.137. The van der Waals surface area contributed by atoms with Gasteiger partial charge in [-0.25, -0.2) is 0 Å². The summed E-state index contributed by atoms with van der Waals surface area (Å²) in [6, 6.07) is 14.1. The molecular formula is C22H30N4O2. The maximum absolute atomic E-state index is 13.2. The molecule has 1 amide bonds. The first kappa shape index (κ1) is 20.5. The molecule has 0 N–H and O–H groups in total. The molecule has 0 bridgehead atoms. The minimum absolute atomic E-state index is 0.0411. The van der Waals surface area contributed by atoms with Gasteiger partial charge in [0.2, 0.25) is 5.91 Å². The maximum atomic E-state index is 13.2. The van der Waals surface area contributed by atoms with Crippen LogP contribution in [0.4, 0.5) is 0 Å². The van der Waals surface area contributed by atoms with Crippen LogP contribution in [-0.4, -0.2) is 79.1 Å². The number of pyridine rings is 1. The highest BCUT2D eigenvalue weighted by Crippen LogP contribution is 2.30. The van der Waals surface area contributed by atoms with Gasteiger partial charge in [0.15, 0.2) is 0 Å². The first-order valence-electron chi connectivity index (χ1n) is 9.73. The number of hydrogen-bond donors (Lipinski definition) is 0. The average molecular weight is 383 g/mol. The Morgan fingerprint density at radius 3 is 2.54 bits per heavy atom. The van der Waals surface area contributed by atoms with Gasteiger partial charge < -0.3 is 14.5 Å². The van der Waals surface area contributed by atoms with Crippen molar-refractivity contribution in [1.82, 2.24) is 19.7 Å². The summed E-state index contributed by atoms with van der Waals surface area (Å²) < 4.78 is 6.08.